The summed E-state index contributed by atoms with van der Waals surface area (Å²) in [7, 11) is 0. The van der Waals surface area contributed by atoms with Crippen LogP contribution in [-0.2, 0) is 0 Å². The van der Waals surface area contributed by atoms with Gasteiger partial charge in [-0.15, -0.1) is 0 Å². The second-order valence-corrected chi connectivity index (χ2v) is 5.22. The van der Waals surface area contributed by atoms with Crippen molar-refractivity contribution in [3.63, 3.8) is 0 Å². The molecule has 0 radical (unpaired) electrons. The number of halogens is 2. The minimum atomic E-state index is 0.501. The maximum atomic E-state index is 5.65. The highest BCUT2D eigenvalue weighted by Gasteiger charge is 2.23. The Kier molecular flexibility index (Phi) is 2.78. The number of hydrogen-bond acceptors (Lipinski definition) is 1. The predicted octanol–water partition coefficient (Wildman–Crippen LogP) is 3.44. The Hall–Kier alpha value is 0.480. The Balaban J connectivity index is 2.15. The van der Waals surface area contributed by atoms with Crippen LogP contribution >= 0.6 is 45.2 Å². The molecule has 0 aromatic heterocycles. The first-order valence-electron chi connectivity index (χ1n) is 3.87. The van der Waals surface area contributed by atoms with Crippen molar-refractivity contribution in [3.05, 3.63) is 25.3 Å². The molecule has 0 bridgehead atoms. The molecule has 1 aliphatic carbocycles. The van der Waals surface area contributed by atoms with Crippen LogP contribution in [0.3, 0.4) is 0 Å². The van der Waals surface area contributed by atoms with Gasteiger partial charge in [-0.05, 0) is 76.2 Å². The quantitative estimate of drug-likeness (QED) is 0.708. The molecule has 1 nitrogen and oxygen atoms in total. The lowest BCUT2D eigenvalue weighted by molar-refractivity contribution is 0.303. The smallest absolute Gasteiger partial charge is 0.120 e. The van der Waals surface area contributed by atoms with Crippen LogP contribution in [-0.4, -0.2) is 6.10 Å². The summed E-state index contributed by atoms with van der Waals surface area (Å²) in [6, 6.07) is 6.24. The van der Waals surface area contributed by atoms with Gasteiger partial charge in [0, 0.05) is 7.14 Å². The Bertz CT molecular complexity index is 295. The van der Waals surface area contributed by atoms with Gasteiger partial charge in [0.15, 0.2) is 0 Å². The fourth-order valence-corrected chi connectivity index (χ4v) is 1.75. The minimum Gasteiger partial charge on any atom is -0.490 e. The molecule has 0 aliphatic heterocycles. The first-order chi connectivity index (χ1) is 5.75. The third-order valence-electron chi connectivity index (χ3n) is 1.72. The van der Waals surface area contributed by atoms with Gasteiger partial charge in [-0.1, -0.05) is 0 Å². The van der Waals surface area contributed by atoms with Crippen molar-refractivity contribution in [2.24, 2.45) is 0 Å². The largest absolute Gasteiger partial charge is 0.490 e. The summed E-state index contributed by atoms with van der Waals surface area (Å²) >= 11 is 4.66. The van der Waals surface area contributed by atoms with Crippen LogP contribution in [0.2, 0.25) is 0 Å². The van der Waals surface area contributed by atoms with Gasteiger partial charge in [0.05, 0.1) is 6.10 Å². The maximum absolute atomic E-state index is 5.65. The van der Waals surface area contributed by atoms with Crippen molar-refractivity contribution in [3.8, 4) is 5.75 Å². The van der Waals surface area contributed by atoms with Crippen molar-refractivity contribution in [2.75, 3.05) is 0 Å². The molecule has 2 rings (SSSR count). The highest BCUT2D eigenvalue weighted by molar-refractivity contribution is 14.1. The molecule has 1 aliphatic rings. The van der Waals surface area contributed by atoms with E-state index in [0.717, 1.165) is 5.75 Å². The number of rotatable bonds is 2. The molecule has 0 saturated heterocycles. The molecule has 0 atom stereocenters. The molecule has 1 saturated carbocycles. The van der Waals surface area contributed by atoms with E-state index in [2.05, 4.69) is 57.3 Å². The van der Waals surface area contributed by atoms with Crippen LogP contribution in [0.4, 0.5) is 0 Å². The van der Waals surface area contributed by atoms with Gasteiger partial charge in [-0.3, -0.25) is 0 Å². The zero-order valence-corrected chi connectivity index (χ0v) is 10.7. The summed E-state index contributed by atoms with van der Waals surface area (Å²) in [5.41, 5.74) is 0. The molecule has 1 fully saturated rings. The second kappa shape index (κ2) is 3.69. The third-order valence-corrected chi connectivity index (χ3v) is 4.58. The summed E-state index contributed by atoms with van der Waals surface area (Å²) in [4.78, 5) is 0. The van der Waals surface area contributed by atoms with Gasteiger partial charge >= 0.3 is 0 Å². The Morgan fingerprint density at radius 2 is 1.92 bits per heavy atom. The molecule has 1 aromatic carbocycles. The van der Waals surface area contributed by atoms with Crippen molar-refractivity contribution >= 4 is 45.2 Å². The van der Waals surface area contributed by atoms with Crippen LogP contribution < -0.4 is 4.74 Å². The van der Waals surface area contributed by atoms with E-state index in [1.165, 1.54) is 20.0 Å². The first kappa shape index (κ1) is 9.05. The van der Waals surface area contributed by atoms with E-state index in [1.807, 2.05) is 6.07 Å². The number of ether oxygens (including phenoxy) is 1. The van der Waals surface area contributed by atoms with Gasteiger partial charge in [0.2, 0.25) is 0 Å². The van der Waals surface area contributed by atoms with Crippen molar-refractivity contribution in [2.45, 2.75) is 18.9 Å². The van der Waals surface area contributed by atoms with Crippen LogP contribution in [0, 0.1) is 7.14 Å². The zero-order chi connectivity index (χ0) is 8.55. The van der Waals surface area contributed by atoms with E-state index in [9.17, 15) is 0 Å². The van der Waals surface area contributed by atoms with Gasteiger partial charge in [0.1, 0.15) is 5.75 Å². The Labute approximate surface area is 99.2 Å². The molecule has 0 spiro atoms. The van der Waals surface area contributed by atoms with Crippen LogP contribution in [0.15, 0.2) is 18.2 Å². The fraction of sp³-hybridized carbons (Fsp3) is 0.333. The highest BCUT2D eigenvalue weighted by atomic mass is 127. The summed E-state index contributed by atoms with van der Waals surface area (Å²) < 4.78 is 8.21. The van der Waals surface area contributed by atoms with Gasteiger partial charge in [-0.25, -0.2) is 0 Å². The van der Waals surface area contributed by atoms with Crippen LogP contribution in [0.1, 0.15) is 12.8 Å². The topological polar surface area (TPSA) is 9.23 Å². The monoisotopic (exact) mass is 386 g/mol. The van der Waals surface area contributed by atoms with E-state index in [4.69, 9.17) is 4.74 Å². The molecule has 0 N–H and O–H groups in total. The zero-order valence-electron chi connectivity index (χ0n) is 6.39. The summed E-state index contributed by atoms with van der Waals surface area (Å²) in [6.45, 7) is 0. The number of benzene rings is 1. The minimum absolute atomic E-state index is 0.501. The lowest BCUT2D eigenvalue weighted by atomic mass is 10.3. The predicted molar refractivity (Wildman–Crippen MR) is 65.5 cm³/mol. The summed E-state index contributed by atoms with van der Waals surface area (Å²) in [6.07, 6.45) is 2.95. The molecule has 0 unspecified atom stereocenters. The normalized spacial score (nSPS) is 16.2. The van der Waals surface area contributed by atoms with Crippen molar-refractivity contribution in [1.29, 1.82) is 0 Å². The Morgan fingerprint density at radius 3 is 2.50 bits per heavy atom. The van der Waals surface area contributed by atoms with E-state index in [1.54, 1.807) is 0 Å². The average molecular weight is 386 g/mol. The SMILES string of the molecule is Ic1ccc(OC2CC2)cc1I. The standard InChI is InChI=1S/C9H8I2O/c10-8-4-3-7(5-9(8)11)12-6-1-2-6/h3-6H,1-2H2. The van der Waals surface area contributed by atoms with Crippen LogP contribution in [0.5, 0.6) is 5.75 Å². The molecule has 0 heterocycles. The van der Waals surface area contributed by atoms with E-state index < -0.39 is 0 Å². The lowest BCUT2D eigenvalue weighted by Gasteiger charge is -2.04. The summed E-state index contributed by atoms with van der Waals surface area (Å²) in [5.74, 6) is 1.02. The highest BCUT2D eigenvalue weighted by Crippen LogP contribution is 2.28. The molecule has 64 valence electrons. The Morgan fingerprint density at radius 1 is 1.17 bits per heavy atom. The number of hydrogen-bond donors (Lipinski definition) is 0. The fourth-order valence-electron chi connectivity index (χ4n) is 0.929. The second-order valence-electron chi connectivity index (χ2n) is 2.89. The average Bonchev–Trinajstić information content (AvgIpc) is 2.81. The molecular weight excluding hydrogens is 378 g/mol. The maximum Gasteiger partial charge on any atom is 0.120 e. The molecular formula is C9H8I2O. The third kappa shape index (κ3) is 2.25. The molecule has 3 heteroatoms. The first-order valence-corrected chi connectivity index (χ1v) is 6.03. The molecule has 1 aromatic rings. The van der Waals surface area contributed by atoms with Crippen molar-refractivity contribution < 1.29 is 4.74 Å². The van der Waals surface area contributed by atoms with E-state index >= 15 is 0 Å². The van der Waals surface area contributed by atoms with Gasteiger partial charge < -0.3 is 4.74 Å². The van der Waals surface area contributed by atoms with Crippen LogP contribution in [0.25, 0.3) is 0 Å². The lowest BCUT2D eigenvalue weighted by Crippen LogP contribution is -1.96. The molecule has 12 heavy (non-hydrogen) atoms. The van der Waals surface area contributed by atoms with Gasteiger partial charge in [-0.2, -0.15) is 0 Å². The van der Waals surface area contributed by atoms with Crippen molar-refractivity contribution in [1.82, 2.24) is 0 Å². The van der Waals surface area contributed by atoms with Gasteiger partial charge in [0.25, 0.3) is 0 Å². The van der Waals surface area contributed by atoms with E-state index in [-0.39, 0.29) is 0 Å². The summed E-state index contributed by atoms with van der Waals surface area (Å²) in [5, 5.41) is 0. The molecule has 0 amide bonds. The van der Waals surface area contributed by atoms with E-state index in [0.29, 0.717) is 6.10 Å².